The van der Waals surface area contributed by atoms with Crippen molar-refractivity contribution in [3.63, 3.8) is 0 Å². The molecule has 5 nitrogen and oxygen atoms in total. The highest BCUT2D eigenvalue weighted by atomic mass is 16.2. The summed E-state index contributed by atoms with van der Waals surface area (Å²) in [7, 11) is 0. The monoisotopic (exact) mass is 416 g/mol. The molecule has 5 heteroatoms. The quantitative estimate of drug-likeness (QED) is 0.434. The van der Waals surface area contributed by atoms with Crippen molar-refractivity contribution in [1.29, 1.82) is 5.41 Å². The number of nitrogens with two attached hydrogens (primary N) is 1. The number of nitrogen functional groups attached to an aromatic ring is 1. The molecule has 1 amide bonds. The van der Waals surface area contributed by atoms with Gasteiger partial charge in [-0.25, -0.2) is 0 Å². The minimum absolute atomic E-state index is 0.0892. The number of hydrogen-bond acceptors (Lipinski definition) is 2. The lowest BCUT2D eigenvalue weighted by Gasteiger charge is -2.30. The maximum Gasteiger partial charge on any atom is 0.223 e. The second-order valence-corrected chi connectivity index (χ2v) is 8.57. The maximum atomic E-state index is 13.1. The zero-order valence-electron chi connectivity index (χ0n) is 18.5. The highest BCUT2D eigenvalue weighted by Gasteiger charge is 2.34. The number of amides is 1. The maximum absolute atomic E-state index is 13.1. The van der Waals surface area contributed by atoms with Gasteiger partial charge in [-0.15, -0.1) is 0 Å². The molecule has 2 aromatic carbocycles. The summed E-state index contributed by atoms with van der Waals surface area (Å²) in [6.07, 6.45) is 3.46. The summed E-state index contributed by atoms with van der Waals surface area (Å²) in [5, 5.41) is 8.93. The molecule has 0 spiro atoms. The number of likely N-dealkylation sites (tertiary alicyclic amines) is 1. The number of nitrogens with one attached hydrogen (secondary N) is 1. The average molecular weight is 417 g/mol. The molecule has 4 rings (SSSR count). The first-order valence-corrected chi connectivity index (χ1v) is 11.3. The fourth-order valence-corrected chi connectivity index (χ4v) is 5.03. The minimum Gasteiger partial charge on any atom is -0.384 e. The Balaban J connectivity index is 1.56. The number of rotatable bonds is 7. The van der Waals surface area contributed by atoms with Gasteiger partial charge in [0.2, 0.25) is 5.91 Å². The molecule has 1 saturated heterocycles. The van der Waals surface area contributed by atoms with Crippen LogP contribution in [0.25, 0.3) is 10.9 Å². The van der Waals surface area contributed by atoms with Gasteiger partial charge in [0, 0.05) is 48.2 Å². The Bertz CT molecular complexity index is 1090. The molecule has 2 atom stereocenters. The zero-order valence-corrected chi connectivity index (χ0v) is 18.5. The van der Waals surface area contributed by atoms with E-state index in [9.17, 15) is 4.79 Å². The van der Waals surface area contributed by atoms with Crippen LogP contribution in [-0.4, -0.2) is 33.8 Å². The van der Waals surface area contributed by atoms with Crippen molar-refractivity contribution >= 4 is 22.6 Å². The summed E-state index contributed by atoms with van der Waals surface area (Å²) >= 11 is 0. The van der Waals surface area contributed by atoms with Crippen LogP contribution in [-0.2, 0) is 17.8 Å². The van der Waals surface area contributed by atoms with Gasteiger partial charge in [-0.2, -0.15) is 0 Å². The van der Waals surface area contributed by atoms with Crippen molar-refractivity contribution in [3.8, 4) is 0 Å². The third kappa shape index (κ3) is 4.22. The number of fused-ring (bicyclic) bond motifs is 1. The Morgan fingerprint density at radius 1 is 1.19 bits per heavy atom. The predicted molar refractivity (Wildman–Crippen MR) is 127 cm³/mol. The lowest BCUT2D eigenvalue weighted by Crippen LogP contribution is -2.39. The first-order chi connectivity index (χ1) is 15.0. The van der Waals surface area contributed by atoms with E-state index < -0.39 is 0 Å². The summed E-state index contributed by atoms with van der Waals surface area (Å²) in [5.74, 6) is 0.596. The molecule has 3 aromatic rings. The summed E-state index contributed by atoms with van der Waals surface area (Å²) in [4.78, 5) is 15.2. The Morgan fingerprint density at radius 3 is 2.68 bits per heavy atom. The number of aromatic nitrogens is 1. The normalized spacial score (nSPS) is 17.2. The first kappa shape index (κ1) is 21.2. The van der Waals surface area contributed by atoms with Crippen molar-refractivity contribution in [3.05, 3.63) is 71.4 Å². The van der Waals surface area contributed by atoms with E-state index in [1.807, 2.05) is 36.4 Å². The van der Waals surface area contributed by atoms with Crippen LogP contribution < -0.4 is 5.73 Å². The summed E-state index contributed by atoms with van der Waals surface area (Å²) in [6, 6.07) is 18.7. The standard InChI is InChI=1S/C26H32N4O/c1-3-29-23(16-20-12-13-21(26(27)28)17-24(20)29)18(2)22-10-7-15-30(22)25(31)14-11-19-8-5-4-6-9-19/h4-6,8-9,12-13,16-18,22H,3,7,10-11,14-15H2,1-2H3,(H3,27,28)/t18-,22?/m0/s1. The molecule has 1 aliphatic heterocycles. The second kappa shape index (κ2) is 8.96. The number of nitrogens with zero attached hydrogens (tertiary/aromatic N) is 2. The van der Waals surface area contributed by atoms with Crippen LogP contribution in [0.15, 0.2) is 54.6 Å². The van der Waals surface area contributed by atoms with Crippen LogP contribution in [0, 0.1) is 5.41 Å². The van der Waals surface area contributed by atoms with Crippen molar-refractivity contribution in [2.75, 3.05) is 6.54 Å². The molecule has 2 heterocycles. The van der Waals surface area contributed by atoms with E-state index in [2.05, 4.69) is 41.5 Å². The second-order valence-electron chi connectivity index (χ2n) is 8.57. The van der Waals surface area contributed by atoms with Gasteiger partial charge in [0.05, 0.1) is 0 Å². The molecule has 1 aliphatic rings. The molecule has 162 valence electrons. The van der Waals surface area contributed by atoms with Crippen molar-refractivity contribution in [1.82, 2.24) is 9.47 Å². The van der Waals surface area contributed by atoms with Gasteiger partial charge in [0.15, 0.2) is 0 Å². The van der Waals surface area contributed by atoms with E-state index in [1.165, 1.54) is 11.3 Å². The van der Waals surface area contributed by atoms with Gasteiger partial charge in [-0.1, -0.05) is 49.4 Å². The van der Waals surface area contributed by atoms with E-state index in [4.69, 9.17) is 11.1 Å². The highest BCUT2D eigenvalue weighted by molar-refractivity contribution is 5.98. The van der Waals surface area contributed by atoms with E-state index >= 15 is 0 Å². The van der Waals surface area contributed by atoms with E-state index in [0.29, 0.717) is 6.42 Å². The van der Waals surface area contributed by atoms with Gasteiger partial charge in [-0.05, 0) is 49.3 Å². The Hall–Kier alpha value is -3.08. The summed E-state index contributed by atoms with van der Waals surface area (Å²) < 4.78 is 2.32. The van der Waals surface area contributed by atoms with Crippen LogP contribution in [0.5, 0.6) is 0 Å². The molecule has 31 heavy (non-hydrogen) atoms. The highest BCUT2D eigenvalue weighted by Crippen LogP contribution is 2.35. The van der Waals surface area contributed by atoms with E-state index in [-0.39, 0.29) is 23.7 Å². The fourth-order valence-electron chi connectivity index (χ4n) is 5.03. The minimum atomic E-state index is 0.0892. The molecule has 1 aromatic heterocycles. The Morgan fingerprint density at radius 2 is 1.97 bits per heavy atom. The SMILES string of the molecule is CCn1c([C@@H](C)C2CCCN2C(=O)CCc2ccccc2)cc2ccc(C(=N)N)cc21. The lowest BCUT2D eigenvalue weighted by molar-refractivity contribution is -0.132. The van der Waals surface area contributed by atoms with Gasteiger partial charge in [-0.3, -0.25) is 10.2 Å². The van der Waals surface area contributed by atoms with Crippen LogP contribution in [0.4, 0.5) is 0 Å². The number of hydrogen-bond donors (Lipinski definition) is 2. The number of benzene rings is 2. The van der Waals surface area contributed by atoms with Crippen LogP contribution in [0.1, 0.15) is 55.8 Å². The number of carbonyl (C=O) groups is 1. The van der Waals surface area contributed by atoms with Crippen LogP contribution in [0.2, 0.25) is 0 Å². The van der Waals surface area contributed by atoms with Crippen molar-refractivity contribution in [2.45, 2.75) is 58.0 Å². The largest absolute Gasteiger partial charge is 0.384 e. The smallest absolute Gasteiger partial charge is 0.223 e. The number of carbonyl (C=O) groups excluding carboxylic acids is 1. The zero-order chi connectivity index (χ0) is 22.0. The molecule has 1 fully saturated rings. The molecule has 3 N–H and O–H groups in total. The number of aryl methyl sites for hydroxylation is 2. The van der Waals surface area contributed by atoms with Gasteiger partial charge >= 0.3 is 0 Å². The number of amidine groups is 1. The summed E-state index contributed by atoms with van der Waals surface area (Å²) in [5.41, 5.74) is 10.0. The lowest BCUT2D eigenvalue weighted by atomic mass is 9.95. The van der Waals surface area contributed by atoms with Gasteiger partial charge < -0.3 is 15.2 Å². The summed E-state index contributed by atoms with van der Waals surface area (Å²) in [6.45, 7) is 6.09. The third-order valence-corrected chi connectivity index (χ3v) is 6.70. The first-order valence-electron chi connectivity index (χ1n) is 11.3. The molecular weight excluding hydrogens is 384 g/mol. The van der Waals surface area contributed by atoms with Gasteiger partial charge in [0.1, 0.15) is 5.84 Å². The van der Waals surface area contributed by atoms with Gasteiger partial charge in [0.25, 0.3) is 0 Å². The third-order valence-electron chi connectivity index (χ3n) is 6.70. The van der Waals surface area contributed by atoms with Crippen LogP contribution >= 0.6 is 0 Å². The van der Waals surface area contributed by atoms with E-state index in [1.54, 1.807) is 0 Å². The molecule has 0 bridgehead atoms. The average Bonchev–Trinajstić information content (AvgIpc) is 3.42. The molecule has 0 radical (unpaired) electrons. The molecule has 0 aliphatic carbocycles. The predicted octanol–water partition coefficient (Wildman–Crippen LogP) is 4.67. The Kier molecular flexibility index (Phi) is 6.12. The molecule has 1 unspecified atom stereocenters. The van der Waals surface area contributed by atoms with E-state index in [0.717, 1.165) is 48.8 Å². The van der Waals surface area contributed by atoms with Crippen molar-refractivity contribution < 1.29 is 4.79 Å². The van der Waals surface area contributed by atoms with Crippen molar-refractivity contribution in [2.24, 2.45) is 5.73 Å². The fraction of sp³-hybridized carbons (Fsp3) is 0.385. The molecular formula is C26H32N4O. The van der Waals surface area contributed by atoms with Crippen LogP contribution in [0.3, 0.4) is 0 Å². The Labute approximate surface area is 184 Å². The molecule has 0 saturated carbocycles. The topological polar surface area (TPSA) is 75.1 Å².